The van der Waals surface area contributed by atoms with Gasteiger partial charge in [-0.3, -0.25) is 19.3 Å². The lowest BCUT2D eigenvalue weighted by molar-refractivity contribution is -0.346. The molecule has 0 radical (unpaired) electrons. The molecule has 3 heterocycles. The van der Waals surface area contributed by atoms with Crippen molar-refractivity contribution in [1.29, 1.82) is 0 Å². The van der Waals surface area contributed by atoms with Crippen molar-refractivity contribution in [2.75, 3.05) is 6.54 Å². The van der Waals surface area contributed by atoms with Crippen molar-refractivity contribution in [3.8, 4) is 0 Å². The number of carbonyl (C=O) groups is 3. The average Bonchev–Trinajstić information content (AvgIpc) is 3.27. The van der Waals surface area contributed by atoms with E-state index in [9.17, 15) is 29.7 Å². The van der Waals surface area contributed by atoms with Crippen LogP contribution < -0.4 is 0 Å². The van der Waals surface area contributed by atoms with Crippen LogP contribution in [0, 0.1) is 34.0 Å². The third-order valence-electron chi connectivity index (χ3n) is 12.5. The molecule has 0 amide bonds. The van der Waals surface area contributed by atoms with Crippen LogP contribution in [0.2, 0.25) is 0 Å². The van der Waals surface area contributed by atoms with Gasteiger partial charge in [0.25, 0.3) is 0 Å². The lowest BCUT2D eigenvalue weighted by atomic mass is 9.36. The highest BCUT2D eigenvalue weighted by molar-refractivity contribution is 5.72. The fourth-order valence-corrected chi connectivity index (χ4v) is 11.7. The molecule has 15 atom stereocenters. The molecule has 3 aliphatic heterocycles. The summed E-state index contributed by atoms with van der Waals surface area (Å²) in [4.78, 5) is 40.0. The Hall–Kier alpha value is -2.01. The van der Waals surface area contributed by atoms with Gasteiger partial charge in [0.2, 0.25) is 0 Å². The van der Waals surface area contributed by atoms with Crippen LogP contribution in [-0.2, 0) is 28.6 Å². The lowest BCUT2D eigenvalue weighted by Crippen LogP contribution is -2.83. The first kappa shape index (κ1) is 25.9. The summed E-state index contributed by atoms with van der Waals surface area (Å²) in [7, 11) is 0. The Morgan fingerprint density at radius 2 is 1.74 bits per heavy atom. The van der Waals surface area contributed by atoms with Crippen molar-refractivity contribution in [2.45, 2.75) is 108 Å². The zero-order chi connectivity index (χ0) is 28.2. The minimum Gasteiger partial charge on any atom is -0.459 e. The monoisotopic (exact) mass is 545 g/mol. The number of esters is 3. The molecule has 9 aliphatic rings. The van der Waals surface area contributed by atoms with Gasteiger partial charge in [0.05, 0.1) is 18.1 Å². The summed E-state index contributed by atoms with van der Waals surface area (Å²) in [5, 5.41) is 38.0. The van der Waals surface area contributed by atoms with Gasteiger partial charge in [0, 0.05) is 48.6 Å². The van der Waals surface area contributed by atoms with Crippen LogP contribution in [0.25, 0.3) is 0 Å². The first-order valence-electron chi connectivity index (χ1n) is 14.3. The number of ether oxygens (including phenoxy) is 3. The largest absolute Gasteiger partial charge is 0.459 e. The predicted octanol–water partition coefficient (Wildman–Crippen LogP) is 0.703. The molecule has 9 bridgehead atoms. The standard InChI is InChI=1S/C29H39NO9/c1-7-12(2)23(34)39-17-10-27-19-16-9-26-8-13(3)18(20(33)29(26,27)36)22(38-15(5)32)28(26,35)24(27)30(16)11-25(19,6)21(17)37-14(4)31/h12,16-22,24,33,35-36H,3,7-11H2,1-2,4-6H3/t12?,16-,17+,18+,19+,20+,21+,22+,24-,25-,26-,27+,28-,29-/m0/s1. The fourth-order valence-electron chi connectivity index (χ4n) is 11.7. The van der Waals surface area contributed by atoms with Crippen molar-refractivity contribution < 1.29 is 43.9 Å². The lowest BCUT2D eigenvalue weighted by Gasteiger charge is -2.71. The molecule has 0 aromatic rings. The fraction of sp³-hybridized carbons (Fsp3) is 0.828. The molecular formula is C29H39NO9. The molecule has 10 heteroatoms. The number of fused-ring (bicyclic) bond motifs is 1. The summed E-state index contributed by atoms with van der Waals surface area (Å²) >= 11 is 0. The number of aliphatic hydroxyl groups is 3. The molecule has 6 saturated carbocycles. The van der Waals surface area contributed by atoms with E-state index in [0.29, 0.717) is 31.4 Å². The SMILES string of the molecule is C=C1C[C@]23C[C@H]4[C@@H]5[C@]6(C)CN4[C@@H]4[C@@]2(O)[C@H](OC(C)=O)[C@H]1[C@@H](O)[C@@]3(O)[C@]54C[C@@H](OC(=O)C(C)CC)[C@H]6OC(C)=O. The Labute approximate surface area is 227 Å². The summed E-state index contributed by atoms with van der Waals surface area (Å²) in [6.45, 7) is 13.0. The van der Waals surface area contributed by atoms with Gasteiger partial charge in [0.1, 0.15) is 29.5 Å². The second-order valence-electron chi connectivity index (χ2n) is 13.9. The third-order valence-corrected chi connectivity index (χ3v) is 12.5. The number of piperidine rings is 2. The van der Waals surface area contributed by atoms with Crippen LogP contribution in [-0.4, -0.2) is 92.4 Å². The molecule has 3 saturated heterocycles. The number of carbonyl (C=O) groups excluding carboxylic acids is 3. The van der Waals surface area contributed by atoms with E-state index in [1.54, 1.807) is 6.92 Å². The number of aliphatic hydroxyl groups excluding tert-OH is 1. The number of hydrogen-bond donors (Lipinski definition) is 3. The summed E-state index contributed by atoms with van der Waals surface area (Å²) in [5.41, 5.74) is -5.68. The van der Waals surface area contributed by atoms with Gasteiger partial charge < -0.3 is 29.5 Å². The number of hydrogen-bond acceptors (Lipinski definition) is 10. The molecule has 3 N–H and O–H groups in total. The van der Waals surface area contributed by atoms with Crippen molar-refractivity contribution in [3.05, 3.63) is 12.2 Å². The maximum Gasteiger partial charge on any atom is 0.309 e. The normalized spacial score (nSPS) is 57.4. The molecule has 0 aromatic heterocycles. The van der Waals surface area contributed by atoms with Crippen molar-refractivity contribution >= 4 is 17.9 Å². The van der Waals surface area contributed by atoms with Crippen molar-refractivity contribution in [1.82, 2.24) is 4.90 Å². The Kier molecular flexibility index (Phi) is 4.82. The van der Waals surface area contributed by atoms with Crippen molar-refractivity contribution in [2.24, 2.45) is 34.0 Å². The Balaban J connectivity index is 1.44. The van der Waals surface area contributed by atoms with Crippen LogP contribution in [0.3, 0.4) is 0 Å². The second kappa shape index (κ2) is 7.24. The highest BCUT2D eigenvalue weighted by Gasteiger charge is 3.01. The van der Waals surface area contributed by atoms with Gasteiger partial charge in [-0.15, -0.1) is 0 Å². The second-order valence-corrected chi connectivity index (χ2v) is 13.9. The van der Waals surface area contributed by atoms with E-state index >= 15 is 0 Å². The molecule has 2 spiro atoms. The highest BCUT2D eigenvalue weighted by atomic mass is 16.6. The van der Waals surface area contributed by atoms with Crippen molar-refractivity contribution in [3.63, 3.8) is 0 Å². The number of rotatable bonds is 5. The minimum atomic E-state index is -1.75. The van der Waals surface area contributed by atoms with Gasteiger partial charge in [-0.1, -0.05) is 32.9 Å². The van der Waals surface area contributed by atoms with E-state index in [4.69, 9.17) is 14.2 Å². The van der Waals surface area contributed by atoms with Crippen LogP contribution >= 0.6 is 0 Å². The summed E-state index contributed by atoms with van der Waals surface area (Å²) in [5.74, 6) is -2.91. The molecule has 39 heavy (non-hydrogen) atoms. The van der Waals surface area contributed by atoms with Gasteiger partial charge in [0.15, 0.2) is 0 Å². The molecule has 6 aliphatic carbocycles. The van der Waals surface area contributed by atoms with E-state index in [1.165, 1.54) is 13.8 Å². The highest BCUT2D eigenvalue weighted by Crippen LogP contribution is 2.89. The first-order valence-corrected chi connectivity index (χ1v) is 14.3. The zero-order valence-electron chi connectivity index (χ0n) is 23.2. The van der Waals surface area contributed by atoms with Gasteiger partial charge >= 0.3 is 17.9 Å². The number of nitrogens with zero attached hydrogens (tertiary/aromatic N) is 1. The Bertz CT molecular complexity index is 1220. The van der Waals surface area contributed by atoms with E-state index in [0.717, 1.165) is 0 Å². The van der Waals surface area contributed by atoms with E-state index in [2.05, 4.69) is 11.5 Å². The van der Waals surface area contributed by atoms with E-state index in [-0.39, 0.29) is 24.3 Å². The van der Waals surface area contributed by atoms with Crippen LogP contribution in [0.1, 0.15) is 60.3 Å². The molecule has 10 nitrogen and oxygen atoms in total. The van der Waals surface area contributed by atoms with Crippen LogP contribution in [0.4, 0.5) is 0 Å². The third kappa shape index (κ3) is 2.35. The summed E-state index contributed by atoms with van der Waals surface area (Å²) in [6, 6.07) is -0.676. The maximum absolute atomic E-state index is 13.1. The Morgan fingerprint density at radius 3 is 2.36 bits per heavy atom. The quantitative estimate of drug-likeness (QED) is 0.257. The van der Waals surface area contributed by atoms with Crippen LogP contribution in [0.15, 0.2) is 12.2 Å². The molecule has 9 rings (SSSR count). The molecule has 214 valence electrons. The van der Waals surface area contributed by atoms with E-state index in [1.807, 2.05) is 13.8 Å². The topological polar surface area (TPSA) is 143 Å². The molecule has 0 aromatic carbocycles. The summed E-state index contributed by atoms with van der Waals surface area (Å²) in [6.07, 6.45) is -2.61. The van der Waals surface area contributed by atoms with Gasteiger partial charge in [-0.25, -0.2) is 0 Å². The molecule has 9 fully saturated rings. The molecular weight excluding hydrogens is 506 g/mol. The first-order chi connectivity index (χ1) is 18.2. The minimum absolute atomic E-state index is 0.0440. The summed E-state index contributed by atoms with van der Waals surface area (Å²) < 4.78 is 17.9. The van der Waals surface area contributed by atoms with E-state index < -0.39 is 81.7 Å². The van der Waals surface area contributed by atoms with Gasteiger partial charge in [-0.2, -0.15) is 0 Å². The molecule has 2 unspecified atom stereocenters. The maximum atomic E-state index is 13.1. The zero-order valence-corrected chi connectivity index (χ0v) is 23.2. The van der Waals surface area contributed by atoms with Gasteiger partial charge in [-0.05, 0) is 31.6 Å². The smallest absolute Gasteiger partial charge is 0.309 e. The average molecular weight is 546 g/mol. The van der Waals surface area contributed by atoms with Crippen LogP contribution in [0.5, 0.6) is 0 Å². The Morgan fingerprint density at radius 1 is 1.10 bits per heavy atom. The predicted molar refractivity (Wildman–Crippen MR) is 134 cm³/mol.